The molecular weight excluding hydrogens is 422 g/mol. The van der Waals surface area contributed by atoms with Gasteiger partial charge in [-0.25, -0.2) is 0 Å². The number of rotatable bonds is 26. The van der Waals surface area contributed by atoms with Gasteiger partial charge in [-0.2, -0.15) is 0 Å². The van der Waals surface area contributed by atoms with Crippen LogP contribution in [0.2, 0.25) is 0 Å². The van der Waals surface area contributed by atoms with Gasteiger partial charge in [-0.1, -0.05) is 90.9 Å². The number of unbranched alkanes of at least 4 members (excludes halogenated alkanes) is 14. The van der Waals surface area contributed by atoms with Crippen molar-refractivity contribution >= 4 is 11.8 Å². The van der Waals surface area contributed by atoms with E-state index in [4.69, 9.17) is 0 Å². The lowest BCUT2D eigenvalue weighted by molar-refractivity contribution is -0.122. The smallest absolute Gasteiger partial charge is 0.219 e. The molecule has 0 unspecified atom stereocenters. The number of hydrogen-bond acceptors (Lipinski definition) is 3. The van der Waals surface area contributed by atoms with E-state index in [2.05, 4.69) is 36.4 Å². The van der Waals surface area contributed by atoms with E-state index in [0.29, 0.717) is 12.8 Å². The first kappa shape index (κ1) is 32.9. The van der Waals surface area contributed by atoms with Gasteiger partial charge in [-0.05, 0) is 58.7 Å². The van der Waals surface area contributed by atoms with Crippen LogP contribution < -0.4 is 10.6 Å². The molecule has 0 aromatic heterocycles. The van der Waals surface area contributed by atoms with Crippen molar-refractivity contribution in [1.29, 1.82) is 0 Å². The van der Waals surface area contributed by atoms with Crippen LogP contribution in [0.5, 0.6) is 0 Å². The Kier molecular flexibility index (Phi) is 25.6. The summed E-state index contributed by atoms with van der Waals surface area (Å²) in [6, 6.07) is 0. The molecule has 2 N–H and O–H groups in total. The molecule has 0 rings (SSSR count). The van der Waals surface area contributed by atoms with Crippen LogP contribution in [0.15, 0.2) is 0 Å². The van der Waals surface area contributed by atoms with Crippen molar-refractivity contribution in [1.82, 2.24) is 15.5 Å². The van der Waals surface area contributed by atoms with Crippen molar-refractivity contribution in [2.45, 2.75) is 142 Å². The zero-order chi connectivity index (χ0) is 25.1. The number of amides is 2. The molecule has 34 heavy (non-hydrogen) atoms. The molecular formula is C29H59N3O2. The summed E-state index contributed by atoms with van der Waals surface area (Å²) in [6.45, 7) is 8.47. The summed E-state index contributed by atoms with van der Waals surface area (Å²) in [5.74, 6) is 0.467. The average molecular weight is 482 g/mol. The van der Waals surface area contributed by atoms with E-state index in [-0.39, 0.29) is 11.8 Å². The van der Waals surface area contributed by atoms with Crippen LogP contribution in [0.1, 0.15) is 142 Å². The van der Waals surface area contributed by atoms with Gasteiger partial charge < -0.3 is 15.5 Å². The SMILES string of the molecule is CCCCCCNC(=O)CCCCCCCN(C)CCCCCCCC(=O)NCCCCCC. The Balaban J connectivity index is 3.33. The van der Waals surface area contributed by atoms with Gasteiger partial charge in [0.05, 0.1) is 0 Å². The second-order valence-corrected chi connectivity index (χ2v) is 10.2. The summed E-state index contributed by atoms with van der Waals surface area (Å²) in [4.78, 5) is 26.1. The number of nitrogens with one attached hydrogen (secondary N) is 2. The fourth-order valence-electron chi connectivity index (χ4n) is 4.24. The van der Waals surface area contributed by atoms with Crippen LogP contribution in [0.25, 0.3) is 0 Å². The molecule has 5 heteroatoms. The molecule has 2 amide bonds. The standard InChI is InChI=1S/C29H59N3O2/c1-4-6-8-18-24-30-28(33)22-16-12-10-14-20-26-32(3)27-21-15-11-13-17-23-29(34)31-25-19-9-7-5-2/h4-27H2,1-3H3,(H,30,33)(H,31,34). The quantitative estimate of drug-likeness (QED) is 0.131. The van der Waals surface area contributed by atoms with Crippen LogP contribution in [0, 0.1) is 0 Å². The zero-order valence-corrected chi connectivity index (χ0v) is 23.2. The third-order valence-corrected chi connectivity index (χ3v) is 6.59. The van der Waals surface area contributed by atoms with E-state index >= 15 is 0 Å². The molecule has 0 fully saturated rings. The Hall–Kier alpha value is -1.10. The van der Waals surface area contributed by atoms with Gasteiger partial charge in [-0.15, -0.1) is 0 Å². The predicted octanol–water partition coefficient (Wildman–Crippen LogP) is 6.99. The minimum atomic E-state index is 0.234. The van der Waals surface area contributed by atoms with Gasteiger partial charge in [-0.3, -0.25) is 9.59 Å². The second-order valence-electron chi connectivity index (χ2n) is 10.2. The highest BCUT2D eigenvalue weighted by Gasteiger charge is 2.03. The molecule has 0 heterocycles. The molecule has 0 bridgehead atoms. The molecule has 0 saturated heterocycles. The van der Waals surface area contributed by atoms with Gasteiger partial charge in [0.2, 0.25) is 11.8 Å². The number of carbonyl (C=O) groups is 2. The Labute approximate surface area is 212 Å². The number of nitrogens with zero attached hydrogens (tertiary/aromatic N) is 1. The average Bonchev–Trinajstić information content (AvgIpc) is 2.82. The highest BCUT2D eigenvalue weighted by molar-refractivity contribution is 5.76. The normalized spacial score (nSPS) is 11.2. The summed E-state index contributed by atoms with van der Waals surface area (Å²) in [5.41, 5.74) is 0. The fourth-order valence-corrected chi connectivity index (χ4v) is 4.24. The number of hydrogen-bond donors (Lipinski definition) is 2. The minimum Gasteiger partial charge on any atom is -0.356 e. The lowest BCUT2D eigenvalue weighted by Crippen LogP contribution is -2.24. The summed E-state index contributed by atoms with van der Waals surface area (Å²) in [5, 5.41) is 6.10. The van der Waals surface area contributed by atoms with Crippen molar-refractivity contribution in [2.24, 2.45) is 0 Å². The minimum absolute atomic E-state index is 0.234. The third-order valence-electron chi connectivity index (χ3n) is 6.59. The lowest BCUT2D eigenvalue weighted by Gasteiger charge is -2.16. The van der Waals surface area contributed by atoms with Crippen molar-refractivity contribution in [2.75, 3.05) is 33.2 Å². The van der Waals surface area contributed by atoms with Gasteiger partial charge in [0.15, 0.2) is 0 Å². The Morgan fingerprint density at radius 1 is 0.500 bits per heavy atom. The van der Waals surface area contributed by atoms with Crippen LogP contribution in [-0.4, -0.2) is 49.9 Å². The molecule has 0 aromatic rings. The number of carbonyl (C=O) groups excluding carboxylic acids is 2. The van der Waals surface area contributed by atoms with Crippen LogP contribution in [0.3, 0.4) is 0 Å². The fraction of sp³-hybridized carbons (Fsp3) is 0.931. The first-order valence-electron chi connectivity index (χ1n) is 14.8. The lowest BCUT2D eigenvalue weighted by atomic mass is 10.1. The molecule has 0 saturated carbocycles. The first-order valence-corrected chi connectivity index (χ1v) is 14.8. The highest BCUT2D eigenvalue weighted by atomic mass is 16.2. The molecule has 0 aliphatic heterocycles. The molecule has 0 aromatic carbocycles. The van der Waals surface area contributed by atoms with E-state index < -0.39 is 0 Å². The first-order chi connectivity index (χ1) is 16.6. The van der Waals surface area contributed by atoms with E-state index in [1.54, 1.807) is 0 Å². The predicted molar refractivity (Wildman–Crippen MR) is 147 cm³/mol. The molecule has 0 spiro atoms. The van der Waals surface area contributed by atoms with Crippen molar-refractivity contribution in [3.05, 3.63) is 0 Å². The summed E-state index contributed by atoms with van der Waals surface area (Å²) < 4.78 is 0. The van der Waals surface area contributed by atoms with Crippen LogP contribution >= 0.6 is 0 Å². The maximum Gasteiger partial charge on any atom is 0.219 e. The van der Waals surface area contributed by atoms with E-state index in [9.17, 15) is 9.59 Å². The Morgan fingerprint density at radius 3 is 1.26 bits per heavy atom. The topological polar surface area (TPSA) is 61.4 Å². The molecule has 5 nitrogen and oxygen atoms in total. The van der Waals surface area contributed by atoms with Crippen LogP contribution in [0.4, 0.5) is 0 Å². The van der Waals surface area contributed by atoms with Gasteiger partial charge >= 0.3 is 0 Å². The third kappa shape index (κ3) is 25.5. The van der Waals surface area contributed by atoms with Gasteiger partial charge in [0, 0.05) is 25.9 Å². The van der Waals surface area contributed by atoms with E-state index in [1.165, 1.54) is 103 Å². The van der Waals surface area contributed by atoms with E-state index in [1.807, 2.05) is 0 Å². The second kappa shape index (κ2) is 26.5. The maximum atomic E-state index is 11.8. The molecule has 202 valence electrons. The molecule has 0 atom stereocenters. The van der Waals surface area contributed by atoms with E-state index in [0.717, 1.165) is 38.8 Å². The van der Waals surface area contributed by atoms with Crippen molar-refractivity contribution in [3.63, 3.8) is 0 Å². The zero-order valence-electron chi connectivity index (χ0n) is 23.2. The molecule has 0 radical (unpaired) electrons. The van der Waals surface area contributed by atoms with Gasteiger partial charge in [0.1, 0.15) is 0 Å². The van der Waals surface area contributed by atoms with Gasteiger partial charge in [0.25, 0.3) is 0 Å². The largest absolute Gasteiger partial charge is 0.356 e. The summed E-state index contributed by atoms with van der Waals surface area (Å²) >= 11 is 0. The van der Waals surface area contributed by atoms with Crippen LogP contribution in [-0.2, 0) is 9.59 Å². The Bertz CT molecular complexity index is 417. The summed E-state index contributed by atoms with van der Waals surface area (Å²) in [7, 11) is 2.23. The summed E-state index contributed by atoms with van der Waals surface area (Å²) in [6.07, 6.45) is 23.0. The molecule has 0 aliphatic rings. The van der Waals surface area contributed by atoms with Crippen molar-refractivity contribution in [3.8, 4) is 0 Å². The maximum absolute atomic E-state index is 11.8. The highest BCUT2D eigenvalue weighted by Crippen LogP contribution is 2.09. The molecule has 0 aliphatic carbocycles. The monoisotopic (exact) mass is 481 g/mol. The van der Waals surface area contributed by atoms with Crippen molar-refractivity contribution < 1.29 is 9.59 Å². The Morgan fingerprint density at radius 2 is 0.853 bits per heavy atom.